The smallest absolute Gasteiger partial charge is 0.0645 e. The molecular weight excluding hydrogens is 212 g/mol. The van der Waals surface area contributed by atoms with Crippen LogP contribution in [0.25, 0.3) is 0 Å². The first-order valence-electron chi connectivity index (χ1n) is 6.83. The number of ether oxygens (including phenoxy) is 1. The van der Waals surface area contributed by atoms with E-state index in [9.17, 15) is 0 Å². The summed E-state index contributed by atoms with van der Waals surface area (Å²) in [6.45, 7) is 4.83. The summed E-state index contributed by atoms with van der Waals surface area (Å²) in [5, 5.41) is 0. The van der Waals surface area contributed by atoms with Crippen LogP contribution in [0.5, 0.6) is 0 Å². The number of fused-ring (bicyclic) bond motifs is 1. The molecule has 2 N–H and O–H groups in total. The summed E-state index contributed by atoms with van der Waals surface area (Å²) in [6.07, 6.45) is 10.4. The highest BCUT2D eigenvalue weighted by molar-refractivity contribution is 5.29. The molecule has 0 spiro atoms. The number of aromatic nitrogens is 1. The van der Waals surface area contributed by atoms with Gasteiger partial charge in [0.15, 0.2) is 0 Å². The van der Waals surface area contributed by atoms with Crippen LogP contribution in [-0.4, -0.2) is 17.8 Å². The Hall–Kier alpha value is -0.800. The summed E-state index contributed by atoms with van der Waals surface area (Å²) in [7, 11) is 0. The van der Waals surface area contributed by atoms with E-state index in [1.54, 1.807) is 0 Å². The van der Waals surface area contributed by atoms with E-state index in [0.29, 0.717) is 0 Å². The second-order valence-corrected chi connectivity index (χ2v) is 4.94. The average Bonchev–Trinajstić information content (AvgIpc) is 2.73. The fraction of sp³-hybridized carbons (Fsp3) is 0.714. The van der Waals surface area contributed by atoms with Crippen LogP contribution in [-0.2, 0) is 17.7 Å². The first-order valence-corrected chi connectivity index (χ1v) is 6.83. The van der Waals surface area contributed by atoms with Crippen LogP contribution < -0.4 is 5.73 Å². The van der Waals surface area contributed by atoms with Crippen molar-refractivity contribution in [3.05, 3.63) is 23.5 Å². The highest BCUT2D eigenvalue weighted by atomic mass is 16.5. The van der Waals surface area contributed by atoms with Gasteiger partial charge in [-0.25, -0.2) is 0 Å². The second kappa shape index (κ2) is 6.22. The lowest BCUT2D eigenvalue weighted by Gasteiger charge is -2.17. The number of nitrogens with zero attached hydrogens (tertiary/aromatic N) is 1. The van der Waals surface area contributed by atoms with E-state index in [4.69, 9.17) is 10.5 Å². The minimum Gasteiger partial charge on any atom is -0.380 e. The summed E-state index contributed by atoms with van der Waals surface area (Å²) in [4.78, 5) is 0. The van der Waals surface area contributed by atoms with Crippen LogP contribution in [0.2, 0.25) is 0 Å². The van der Waals surface area contributed by atoms with Gasteiger partial charge in [0.2, 0.25) is 0 Å². The fourth-order valence-corrected chi connectivity index (χ4v) is 2.43. The Kier molecular flexibility index (Phi) is 4.63. The fourth-order valence-electron chi connectivity index (χ4n) is 2.43. The van der Waals surface area contributed by atoms with Crippen molar-refractivity contribution in [2.75, 3.05) is 13.2 Å². The third kappa shape index (κ3) is 3.33. The van der Waals surface area contributed by atoms with Crippen LogP contribution >= 0.6 is 0 Å². The Bertz CT molecular complexity index is 346. The lowest BCUT2D eigenvalue weighted by molar-refractivity contribution is 0.123. The second-order valence-electron chi connectivity index (χ2n) is 4.94. The van der Waals surface area contributed by atoms with E-state index in [0.717, 1.165) is 32.6 Å². The van der Waals surface area contributed by atoms with Gasteiger partial charge in [0.1, 0.15) is 0 Å². The van der Waals surface area contributed by atoms with Gasteiger partial charge in [0.25, 0.3) is 0 Å². The third-order valence-electron chi connectivity index (χ3n) is 3.49. The zero-order valence-electron chi connectivity index (χ0n) is 10.8. The molecule has 0 saturated heterocycles. The van der Waals surface area contributed by atoms with Crippen molar-refractivity contribution in [1.82, 2.24) is 4.57 Å². The van der Waals surface area contributed by atoms with Gasteiger partial charge in [-0.05, 0) is 36.8 Å². The Morgan fingerprint density at radius 2 is 2.29 bits per heavy atom. The lowest BCUT2D eigenvalue weighted by Crippen LogP contribution is -2.15. The van der Waals surface area contributed by atoms with Crippen molar-refractivity contribution in [3.63, 3.8) is 0 Å². The predicted molar refractivity (Wildman–Crippen MR) is 70.0 cm³/mol. The number of hydrogen-bond acceptors (Lipinski definition) is 2. The Morgan fingerprint density at radius 1 is 1.41 bits per heavy atom. The highest BCUT2D eigenvalue weighted by Gasteiger charge is 2.18. The van der Waals surface area contributed by atoms with Gasteiger partial charge >= 0.3 is 0 Å². The first kappa shape index (κ1) is 12.7. The normalized spacial score (nSPS) is 19.3. The largest absolute Gasteiger partial charge is 0.380 e. The van der Waals surface area contributed by atoms with Gasteiger partial charge < -0.3 is 15.0 Å². The molecule has 1 unspecified atom stereocenters. The van der Waals surface area contributed by atoms with Crippen molar-refractivity contribution in [2.24, 2.45) is 5.73 Å². The van der Waals surface area contributed by atoms with Gasteiger partial charge in [-0.1, -0.05) is 13.3 Å². The van der Waals surface area contributed by atoms with E-state index in [-0.39, 0.29) is 6.04 Å². The van der Waals surface area contributed by atoms with Gasteiger partial charge in [-0.2, -0.15) is 0 Å². The van der Waals surface area contributed by atoms with Crippen molar-refractivity contribution >= 4 is 0 Å². The molecule has 0 aromatic carbocycles. The lowest BCUT2D eigenvalue weighted by atomic mass is 9.92. The monoisotopic (exact) mass is 236 g/mol. The van der Waals surface area contributed by atoms with E-state index in [1.807, 2.05) is 0 Å². The number of aryl methyl sites for hydroxylation is 1. The van der Waals surface area contributed by atoms with Crippen molar-refractivity contribution in [1.29, 1.82) is 0 Å². The zero-order chi connectivity index (χ0) is 12.1. The van der Waals surface area contributed by atoms with Crippen molar-refractivity contribution in [3.8, 4) is 0 Å². The zero-order valence-corrected chi connectivity index (χ0v) is 10.8. The number of nitrogens with two attached hydrogens (primary N) is 1. The van der Waals surface area contributed by atoms with E-state index in [2.05, 4.69) is 23.9 Å². The van der Waals surface area contributed by atoms with E-state index >= 15 is 0 Å². The Labute approximate surface area is 104 Å². The molecule has 0 bridgehead atoms. The maximum Gasteiger partial charge on any atom is 0.0645 e. The molecule has 1 aromatic heterocycles. The minimum atomic E-state index is 0.251. The standard InChI is InChI=1S/C14H24N2O/c1-2-3-8-17-9-7-16-10-12-5-4-6-14(15)13(12)11-16/h10-11,14H,2-9,15H2,1H3. The molecule has 3 heteroatoms. The van der Waals surface area contributed by atoms with Crippen LogP contribution in [0, 0.1) is 0 Å². The summed E-state index contributed by atoms with van der Waals surface area (Å²) in [6, 6.07) is 0.251. The van der Waals surface area contributed by atoms with Gasteiger partial charge in [0.05, 0.1) is 6.61 Å². The first-order chi connectivity index (χ1) is 8.31. The van der Waals surface area contributed by atoms with Crippen LogP contribution in [0.4, 0.5) is 0 Å². The maximum atomic E-state index is 6.11. The number of hydrogen-bond donors (Lipinski definition) is 1. The molecule has 1 aromatic rings. The minimum absolute atomic E-state index is 0.251. The molecule has 0 fully saturated rings. The molecule has 2 rings (SSSR count). The van der Waals surface area contributed by atoms with Crippen LogP contribution in [0.3, 0.4) is 0 Å². The molecule has 1 aliphatic rings. The summed E-state index contributed by atoms with van der Waals surface area (Å²) >= 11 is 0. The Morgan fingerprint density at radius 3 is 3.06 bits per heavy atom. The average molecular weight is 236 g/mol. The van der Waals surface area contributed by atoms with E-state index < -0.39 is 0 Å². The molecule has 3 nitrogen and oxygen atoms in total. The van der Waals surface area contributed by atoms with Gasteiger partial charge in [-0.15, -0.1) is 0 Å². The van der Waals surface area contributed by atoms with Crippen molar-refractivity contribution in [2.45, 2.75) is 51.6 Å². The topological polar surface area (TPSA) is 40.2 Å². The molecule has 0 amide bonds. The molecule has 17 heavy (non-hydrogen) atoms. The predicted octanol–water partition coefficient (Wildman–Crippen LogP) is 2.64. The van der Waals surface area contributed by atoms with E-state index in [1.165, 1.54) is 30.4 Å². The molecule has 1 heterocycles. The molecule has 1 atom stereocenters. The molecule has 96 valence electrons. The maximum absolute atomic E-state index is 6.11. The molecule has 0 radical (unpaired) electrons. The molecule has 1 aliphatic carbocycles. The van der Waals surface area contributed by atoms with Crippen molar-refractivity contribution < 1.29 is 4.74 Å². The summed E-state index contributed by atoms with van der Waals surface area (Å²) in [5.41, 5.74) is 8.90. The third-order valence-corrected chi connectivity index (χ3v) is 3.49. The van der Waals surface area contributed by atoms with Crippen LogP contribution in [0.1, 0.15) is 49.8 Å². The summed E-state index contributed by atoms with van der Waals surface area (Å²) in [5.74, 6) is 0. The molecular formula is C14H24N2O. The SMILES string of the molecule is CCCCOCCn1cc2c(c1)C(N)CCC2. The van der Waals surface area contributed by atoms with Gasteiger partial charge in [-0.3, -0.25) is 0 Å². The Balaban J connectivity index is 1.81. The molecule has 0 saturated carbocycles. The number of rotatable bonds is 6. The molecule has 0 aliphatic heterocycles. The van der Waals surface area contributed by atoms with Crippen LogP contribution in [0.15, 0.2) is 12.4 Å². The quantitative estimate of drug-likeness (QED) is 0.771. The summed E-state index contributed by atoms with van der Waals surface area (Å²) < 4.78 is 7.82. The highest BCUT2D eigenvalue weighted by Crippen LogP contribution is 2.28. The van der Waals surface area contributed by atoms with Gasteiger partial charge in [0, 0.05) is 31.6 Å². The number of unbranched alkanes of at least 4 members (excludes halogenated alkanes) is 1.